The molecule has 0 fully saturated rings. The van der Waals surface area contributed by atoms with Gasteiger partial charge >= 0.3 is 0 Å². The van der Waals surface area contributed by atoms with E-state index in [4.69, 9.17) is 0 Å². The molecule has 0 aliphatic heterocycles. The van der Waals surface area contributed by atoms with Crippen molar-refractivity contribution in [2.45, 2.75) is 18.2 Å². The van der Waals surface area contributed by atoms with Crippen molar-refractivity contribution >= 4 is 17.3 Å². The van der Waals surface area contributed by atoms with Crippen LogP contribution >= 0.6 is 0 Å². The molecule has 0 radical (unpaired) electrons. The van der Waals surface area contributed by atoms with Gasteiger partial charge in [0.25, 0.3) is 0 Å². The molecule has 0 spiro atoms. The number of carbonyl (C=O) groups is 1. The molecule has 0 saturated carbocycles. The maximum Gasteiger partial charge on any atom is 0.153 e. The van der Waals surface area contributed by atoms with Crippen LogP contribution in [0.25, 0.3) is 0 Å². The normalized spacial score (nSPS) is 12.4. The van der Waals surface area contributed by atoms with Crippen molar-refractivity contribution in [2.75, 3.05) is 6.54 Å². The van der Waals surface area contributed by atoms with Gasteiger partial charge in [0.1, 0.15) is 22.6 Å². The molecule has 3 nitrogen and oxygen atoms in total. The number of hydrogen-bond acceptors (Lipinski definition) is 2. The van der Waals surface area contributed by atoms with Crippen LogP contribution in [-0.2, 0) is 11.0 Å². The minimum absolute atomic E-state index is 0.211. The summed E-state index contributed by atoms with van der Waals surface area (Å²) < 4.78 is 40.3. The Bertz CT molecular complexity index is 424. The lowest BCUT2D eigenvalue weighted by molar-refractivity contribution is 0.111. The highest BCUT2D eigenvalue weighted by Crippen LogP contribution is 2.16. The van der Waals surface area contributed by atoms with E-state index >= 15 is 0 Å². The number of rotatable bonds is 5. The first kappa shape index (κ1) is 12.9. The third-order valence-corrected chi connectivity index (χ3v) is 3.04. The van der Waals surface area contributed by atoms with Crippen molar-refractivity contribution in [3.05, 3.63) is 29.3 Å². The summed E-state index contributed by atoms with van der Waals surface area (Å²) in [4.78, 5) is 10.2. The smallest absolute Gasteiger partial charge is 0.153 e. The van der Waals surface area contributed by atoms with Gasteiger partial charge in [-0.3, -0.25) is 4.79 Å². The molecule has 0 saturated heterocycles. The molecule has 1 rings (SSSR count). The van der Waals surface area contributed by atoms with Gasteiger partial charge in [-0.25, -0.2) is 17.7 Å². The van der Waals surface area contributed by atoms with Gasteiger partial charge in [-0.1, -0.05) is 6.92 Å². The summed E-state index contributed by atoms with van der Waals surface area (Å²) in [5.41, 5.74) is -0.303. The highest BCUT2D eigenvalue weighted by molar-refractivity contribution is 7.83. The van der Waals surface area contributed by atoms with Crippen LogP contribution in [0.3, 0.4) is 0 Å². The summed E-state index contributed by atoms with van der Waals surface area (Å²) >= 11 is 0. The van der Waals surface area contributed by atoms with E-state index < -0.39 is 22.6 Å². The Morgan fingerprint density at radius 1 is 1.38 bits per heavy atom. The predicted octanol–water partition coefficient (Wildman–Crippen LogP) is 1.80. The van der Waals surface area contributed by atoms with Crippen LogP contribution in [0.2, 0.25) is 0 Å². The third-order valence-electron chi connectivity index (χ3n) is 1.86. The lowest BCUT2D eigenvalue weighted by Gasteiger charge is -2.05. The zero-order valence-electron chi connectivity index (χ0n) is 8.63. The van der Waals surface area contributed by atoms with Gasteiger partial charge in [0, 0.05) is 12.6 Å². The molecule has 1 unspecified atom stereocenters. The third kappa shape index (κ3) is 2.93. The summed E-state index contributed by atoms with van der Waals surface area (Å²) in [6, 6.07) is 1.51. The van der Waals surface area contributed by atoms with Gasteiger partial charge in [-0.2, -0.15) is 0 Å². The van der Waals surface area contributed by atoms with Crippen LogP contribution in [0.1, 0.15) is 23.7 Å². The summed E-state index contributed by atoms with van der Waals surface area (Å²) in [5, 5.41) is 0. The zero-order valence-corrected chi connectivity index (χ0v) is 9.44. The largest absolute Gasteiger partial charge is 0.298 e. The molecule has 1 aromatic rings. The van der Waals surface area contributed by atoms with Gasteiger partial charge in [-0.05, 0) is 12.5 Å². The van der Waals surface area contributed by atoms with Gasteiger partial charge < -0.3 is 0 Å². The Kier molecular flexibility index (Phi) is 4.70. The van der Waals surface area contributed by atoms with Crippen molar-refractivity contribution in [1.29, 1.82) is 0 Å². The van der Waals surface area contributed by atoms with Crippen molar-refractivity contribution in [1.82, 2.24) is 4.72 Å². The molecule has 16 heavy (non-hydrogen) atoms. The molecule has 1 N–H and O–H groups in total. The first-order chi connectivity index (χ1) is 7.60. The Morgan fingerprint density at radius 3 is 2.62 bits per heavy atom. The Labute approximate surface area is 94.4 Å². The van der Waals surface area contributed by atoms with Crippen LogP contribution in [0.15, 0.2) is 17.0 Å². The fourth-order valence-corrected chi connectivity index (χ4v) is 2.06. The number of benzene rings is 1. The second-order valence-electron chi connectivity index (χ2n) is 3.09. The number of carbonyl (C=O) groups excluding carboxylic acids is 1. The van der Waals surface area contributed by atoms with Crippen molar-refractivity contribution < 1.29 is 17.8 Å². The number of nitrogens with one attached hydrogen (secondary N) is 1. The van der Waals surface area contributed by atoms with Crippen LogP contribution in [0.4, 0.5) is 8.78 Å². The molecule has 0 heterocycles. The average molecular weight is 247 g/mol. The van der Waals surface area contributed by atoms with E-state index in [1.54, 1.807) is 0 Å². The molecule has 6 heteroatoms. The molecule has 1 atom stereocenters. The van der Waals surface area contributed by atoms with Gasteiger partial charge in [0.15, 0.2) is 6.29 Å². The predicted molar refractivity (Wildman–Crippen MR) is 56.4 cm³/mol. The second-order valence-corrected chi connectivity index (χ2v) is 4.35. The number of aldehydes is 1. The highest BCUT2D eigenvalue weighted by atomic mass is 32.2. The minimum atomic E-state index is -1.77. The molecule has 1 aromatic carbocycles. The van der Waals surface area contributed by atoms with E-state index in [9.17, 15) is 17.8 Å². The molecule has 0 aliphatic rings. The molecular weight excluding hydrogens is 236 g/mol. The number of halogens is 2. The summed E-state index contributed by atoms with van der Waals surface area (Å²) in [6.45, 7) is 2.31. The van der Waals surface area contributed by atoms with Gasteiger partial charge in [0.05, 0.1) is 10.5 Å². The van der Waals surface area contributed by atoms with Crippen molar-refractivity contribution in [2.24, 2.45) is 0 Å². The fraction of sp³-hybridized carbons (Fsp3) is 0.300. The van der Waals surface area contributed by atoms with Crippen LogP contribution < -0.4 is 4.72 Å². The van der Waals surface area contributed by atoms with E-state index in [1.165, 1.54) is 0 Å². The van der Waals surface area contributed by atoms with E-state index in [2.05, 4.69) is 4.72 Å². The number of hydrogen-bond donors (Lipinski definition) is 1. The first-order valence-corrected chi connectivity index (χ1v) is 5.84. The van der Waals surface area contributed by atoms with E-state index in [1.807, 2.05) is 6.92 Å². The second kappa shape index (κ2) is 5.81. The zero-order chi connectivity index (χ0) is 12.1. The maximum atomic E-state index is 13.3. The summed E-state index contributed by atoms with van der Waals surface area (Å²) in [6.07, 6.45) is 0.990. The van der Waals surface area contributed by atoms with Gasteiger partial charge in [-0.15, -0.1) is 0 Å². The average Bonchev–Trinajstić information content (AvgIpc) is 2.26. The first-order valence-electron chi connectivity index (χ1n) is 4.69. The maximum absolute atomic E-state index is 13.3. The summed E-state index contributed by atoms with van der Waals surface area (Å²) in [7, 11) is -1.77. The standard InChI is InChI=1S/C10H11F2NO2S/c1-2-3-13-16(15)10-4-7(6-14)8(11)5-9(10)12/h4-6,13H,2-3H2,1H3. The molecule has 0 aromatic heterocycles. The topological polar surface area (TPSA) is 46.2 Å². The Balaban J connectivity index is 3.03. The monoisotopic (exact) mass is 247 g/mol. The van der Waals surface area contributed by atoms with Crippen molar-refractivity contribution in [3.63, 3.8) is 0 Å². The minimum Gasteiger partial charge on any atom is -0.298 e. The van der Waals surface area contributed by atoms with E-state index in [-0.39, 0.29) is 16.7 Å². The van der Waals surface area contributed by atoms with E-state index in [0.29, 0.717) is 12.6 Å². The fourth-order valence-electron chi connectivity index (χ4n) is 1.05. The quantitative estimate of drug-likeness (QED) is 0.806. The van der Waals surface area contributed by atoms with E-state index in [0.717, 1.165) is 12.5 Å². The lowest BCUT2D eigenvalue weighted by Crippen LogP contribution is -2.19. The van der Waals surface area contributed by atoms with Crippen LogP contribution in [0, 0.1) is 11.6 Å². The molecule has 0 amide bonds. The highest BCUT2D eigenvalue weighted by Gasteiger charge is 2.14. The Morgan fingerprint density at radius 2 is 2.06 bits per heavy atom. The molecule has 88 valence electrons. The van der Waals surface area contributed by atoms with Crippen molar-refractivity contribution in [3.8, 4) is 0 Å². The summed E-state index contributed by atoms with van der Waals surface area (Å²) in [5.74, 6) is -1.88. The SMILES string of the molecule is CCCNS(=O)c1cc(C=O)c(F)cc1F. The molecule has 0 bridgehead atoms. The van der Waals surface area contributed by atoms with Crippen LogP contribution in [0.5, 0.6) is 0 Å². The Hall–Kier alpha value is -1.14. The lowest BCUT2D eigenvalue weighted by atomic mass is 10.2. The van der Waals surface area contributed by atoms with Gasteiger partial charge in [0.2, 0.25) is 0 Å². The molecular formula is C10H11F2NO2S. The molecule has 0 aliphatic carbocycles. The van der Waals surface area contributed by atoms with Crippen LogP contribution in [-0.4, -0.2) is 17.0 Å².